The van der Waals surface area contributed by atoms with E-state index in [2.05, 4.69) is 31.0 Å². The second-order valence-electron chi connectivity index (χ2n) is 6.23. The molecule has 0 aromatic carbocycles. The van der Waals surface area contributed by atoms with Gasteiger partial charge in [0.1, 0.15) is 0 Å². The molecule has 2 aliphatic rings. The van der Waals surface area contributed by atoms with Crippen molar-refractivity contribution in [2.75, 3.05) is 26.2 Å². The molecule has 0 bridgehead atoms. The van der Waals surface area contributed by atoms with Crippen LogP contribution < -0.4 is 5.32 Å². The smallest absolute Gasteiger partial charge is 0.00385 e. The van der Waals surface area contributed by atoms with Gasteiger partial charge in [-0.1, -0.05) is 6.92 Å². The molecule has 2 rings (SSSR count). The summed E-state index contributed by atoms with van der Waals surface area (Å²) in [6.07, 6.45) is 4.31. The summed E-state index contributed by atoms with van der Waals surface area (Å²) < 4.78 is 0. The van der Waals surface area contributed by atoms with Crippen LogP contribution in [0.4, 0.5) is 0 Å². The van der Waals surface area contributed by atoms with E-state index in [0.29, 0.717) is 0 Å². The summed E-state index contributed by atoms with van der Waals surface area (Å²) in [6.45, 7) is 12.2. The van der Waals surface area contributed by atoms with Gasteiger partial charge in [-0.2, -0.15) is 0 Å². The van der Waals surface area contributed by atoms with Crippen LogP contribution in [-0.4, -0.2) is 37.1 Å². The van der Waals surface area contributed by atoms with Gasteiger partial charge in [0.25, 0.3) is 0 Å². The summed E-state index contributed by atoms with van der Waals surface area (Å²) in [4.78, 5) is 2.64. The van der Waals surface area contributed by atoms with E-state index in [1.54, 1.807) is 0 Å². The van der Waals surface area contributed by atoms with Crippen molar-refractivity contribution >= 4 is 0 Å². The predicted molar refractivity (Wildman–Crippen MR) is 69.6 cm³/mol. The van der Waals surface area contributed by atoms with Crippen molar-refractivity contribution in [1.29, 1.82) is 0 Å². The van der Waals surface area contributed by atoms with E-state index in [-0.39, 0.29) is 0 Å². The first-order valence-electron chi connectivity index (χ1n) is 7.11. The monoisotopic (exact) mass is 224 g/mol. The molecule has 2 atom stereocenters. The molecule has 94 valence electrons. The first-order chi connectivity index (χ1) is 7.66. The van der Waals surface area contributed by atoms with Gasteiger partial charge < -0.3 is 10.2 Å². The standard InChI is InChI=1S/C14H28N2/c1-11(2)16-6-4-13(5-7-16)14-8-12(3)9-15-10-14/h11-15H,4-10H2,1-3H3. The van der Waals surface area contributed by atoms with Crippen molar-refractivity contribution in [1.82, 2.24) is 10.2 Å². The molecule has 0 saturated carbocycles. The first-order valence-corrected chi connectivity index (χ1v) is 7.11. The highest BCUT2D eigenvalue weighted by molar-refractivity contribution is 4.84. The summed E-state index contributed by atoms with van der Waals surface area (Å²) >= 11 is 0. The van der Waals surface area contributed by atoms with Crippen molar-refractivity contribution in [3.8, 4) is 0 Å². The van der Waals surface area contributed by atoms with Crippen LogP contribution in [0.1, 0.15) is 40.0 Å². The summed E-state index contributed by atoms with van der Waals surface area (Å²) in [5, 5.41) is 3.60. The van der Waals surface area contributed by atoms with Crippen molar-refractivity contribution in [2.45, 2.75) is 46.1 Å². The van der Waals surface area contributed by atoms with E-state index in [4.69, 9.17) is 0 Å². The molecule has 0 aromatic heterocycles. The van der Waals surface area contributed by atoms with E-state index in [0.717, 1.165) is 23.8 Å². The van der Waals surface area contributed by atoms with Gasteiger partial charge in [-0.25, -0.2) is 0 Å². The van der Waals surface area contributed by atoms with Crippen molar-refractivity contribution in [3.05, 3.63) is 0 Å². The third kappa shape index (κ3) is 2.98. The molecular weight excluding hydrogens is 196 g/mol. The molecule has 2 aliphatic heterocycles. The summed E-state index contributed by atoms with van der Waals surface area (Å²) in [5.41, 5.74) is 0. The Balaban J connectivity index is 1.79. The lowest BCUT2D eigenvalue weighted by molar-refractivity contribution is 0.102. The summed E-state index contributed by atoms with van der Waals surface area (Å²) in [7, 11) is 0. The van der Waals surface area contributed by atoms with E-state index in [9.17, 15) is 0 Å². The van der Waals surface area contributed by atoms with Gasteiger partial charge in [-0.05, 0) is 77.0 Å². The molecular formula is C14H28N2. The average Bonchev–Trinajstić information content (AvgIpc) is 2.29. The minimum atomic E-state index is 0.740. The molecule has 1 N–H and O–H groups in total. The third-order valence-corrected chi connectivity index (χ3v) is 4.58. The zero-order valence-corrected chi connectivity index (χ0v) is 11.2. The summed E-state index contributed by atoms with van der Waals surface area (Å²) in [5.74, 6) is 2.84. The van der Waals surface area contributed by atoms with E-state index >= 15 is 0 Å². The highest BCUT2D eigenvalue weighted by Gasteiger charge is 2.29. The van der Waals surface area contributed by atoms with Crippen LogP contribution in [0.2, 0.25) is 0 Å². The predicted octanol–water partition coefficient (Wildman–Crippen LogP) is 2.35. The van der Waals surface area contributed by atoms with Crippen LogP contribution in [0, 0.1) is 17.8 Å². The fourth-order valence-corrected chi connectivity index (χ4v) is 3.46. The van der Waals surface area contributed by atoms with Gasteiger partial charge in [0, 0.05) is 6.04 Å². The van der Waals surface area contributed by atoms with Crippen molar-refractivity contribution in [3.63, 3.8) is 0 Å². The number of hydrogen-bond donors (Lipinski definition) is 1. The fraction of sp³-hybridized carbons (Fsp3) is 1.00. The highest BCUT2D eigenvalue weighted by Crippen LogP contribution is 2.31. The van der Waals surface area contributed by atoms with Crippen LogP contribution in [0.5, 0.6) is 0 Å². The molecule has 2 heteroatoms. The summed E-state index contributed by atoms with van der Waals surface area (Å²) in [6, 6.07) is 0.740. The number of hydrogen-bond acceptors (Lipinski definition) is 2. The Morgan fingerprint density at radius 2 is 1.75 bits per heavy atom. The number of likely N-dealkylation sites (tertiary alicyclic amines) is 1. The molecule has 0 spiro atoms. The first kappa shape index (κ1) is 12.4. The van der Waals surface area contributed by atoms with E-state index in [1.807, 2.05) is 0 Å². The molecule has 0 amide bonds. The van der Waals surface area contributed by atoms with Crippen molar-refractivity contribution < 1.29 is 0 Å². The minimum absolute atomic E-state index is 0.740. The SMILES string of the molecule is CC1CNCC(C2CCN(C(C)C)CC2)C1. The zero-order valence-electron chi connectivity index (χ0n) is 11.2. The van der Waals surface area contributed by atoms with Gasteiger partial charge in [-0.15, -0.1) is 0 Å². The largest absolute Gasteiger partial charge is 0.316 e. The molecule has 0 aliphatic carbocycles. The molecule has 2 heterocycles. The molecule has 0 radical (unpaired) electrons. The molecule has 2 nitrogen and oxygen atoms in total. The fourth-order valence-electron chi connectivity index (χ4n) is 3.46. The number of rotatable bonds is 2. The number of nitrogens with one attached hydrogen (secondary N) is 1. The van der Waals surface area contributed by atoms with E-state index in [1.165, 1.54) is 45.4 Å². The minimum Gasteiger partial charge on any atom is -0.316 e. The molecule has 0 aromatic rings. The van der Waals surface area contributed by atoms with Gasteiger partial charge in [0.05, 0.1) is 0 Å². The van der Waals surface area contributed by atoms with Crippen LogP contribution in [0.15, 0.2) is 0 Å². The Morgan fingerprint density at radius 1 is 1.06 bits per heavy atom. The maximum absolute atomic E-state index is 3.60. The van der Waals surface area contributed by atoms with Crippen LogP contribution in [0.3, 0.4) is 0 Å². The highest BCUT2D eigenvalue weighted by atomic mass is 15.1. The van der Waals surface area contributed by atoms with Gasteiger partial charge in [0.15, 0.2) is 0 Å². The second kappa shape index (κ2) is 5.50. The third-order valence-electron chi connectivity index (χ3n) is 4.58. The molecule has 2 saturated heterocycles. The average molecular weight is 224 g/mol. The zero-order chi connectivity index (χ0) is 11.5. The second-order valence-corrected chi connectivity index (χ2v) is 6.23. The quantitative estimate of drug-likeness (QED) is 0.774. The van der Waals surface area contributed by atoms with Crippen LogP contribution in [-0.2, 0) is 0 Å². The Bertz CT molecular complexity index is 207. The normalized spacial score (nSPS) is 34.5. The Hall–Kier alpha value is -0.0800. The lowest BCUT2D eigenvalue weighted by Gasteiger charge is -2.40. The topological polar surface area (TPSA) is 15.3 Å². The maximum Gasteiger partial charge on any atom is 0.00385 e. The lowest BCUT2D eigenvalue weighted by atomic mass is 9.77. The van der Waals surface area contributed by atoms with Gasteiger partial charge >= 0.3 is 0 Å². The van der Waals surface area contributed by atoms with Crippen molar-refractivity contribution in [2.24, 2.45) is 17.8 Å². The number of nitrogens with zero attached hydrogens (tertiary/aromatic N) is 1. The Labute approximate surface area is 101 Å². The maximum atomic E-state index is 3.60. The molecule has 16 heavy (non-hydrogen) atoms. The van der Waals surface area contributed by atoms with E-state index < -0.39 is 0 Å². The lowest BCUT2D eigenvalue weighted by Crippen LogP contribution is -2.44. The molecule has 2 fully saturated rings. The Kier molecular flexibility index (Phi) is 4.26. The van der Waals surface area contributed by atoms with Gasteiger partial charge in [-0.3, -0.25) is 0 Å². The molecule has 2 unspecified atom stereocenters. The van der Waals surface area contributed by atoms with Crippen LogP contribution >= 0.6 is 0 Å². The van der Waals surface area contributed by atoms with Gasteiger partial charge in [0.2, 0.25) is 0 Å². The van der Waals surface area contributed by atoms with Crippen LogP contribution in [0.25, 0.3) is 0 Å². The Morgan fingerprint density at radius 3 is 2.31 bits per heavy atom. The number of piperidine rings is 2.